The van der Waals surface area contributed by atoms with Crippen LogP contribution in [0, 0.1) is 5.82 Å². The van der Waals surface area contributed by atoms with Gasteiger partial charge in [-0.05, 0) is 30.3 Å². The molecule has 0 saturated carbocycles. The van der Waals surface area contributed by atoms with Crippen LogP contribution < -0.4 is 10.7 Å². The van der Waals surface area contributed by atoms with Gasteiger partial charge in [-0.25, -0.2) is 4.39 Å². The number of halogens is 2. The van der Waals surface area contributed by atoms with Crippen molar-refractivity contribution in [2.75, 3.05) is 5.32 Å². The van der Waals surface area contributed by atoms with Crippen molar-refractivity contribution < 1.29 is 9.18 Å². The summed E-state index contributed by atoms with van der Waals surface area (Å²) in [7, 11) is 1.76. The first-order chi connectivity index (χ1) is 11.0. The maximum absolute atomic E-state index is 13.2. The van der Waals surface area contributed by atoms with Crippen LogP contribution in [-0.4, -0.2) is 10.5 Å². The Morgan fingerprint density at radius 2 is 1.96 bits per heavy atom. The number of nitrogens with one attached hydrogen (secondary N) is 1. The van der Waals surface area contributed by atoms with Crippen LogP contribution in [0.25, 0.3) is 10.9 Å². The number of nitrogens with zero attached hydrogens (tertiary/aromatic N) is 1. The van der Waals surface area contributed by atoms with E-state index < -0.39 is 11.7 Å². The number of rotatable bonds is 2. The average Bonchev–Trinajstić information content (AvgIpc) is 2.54. The van der Waals surface area contributed by atoms with Gasteiger partial charge in [0.05, 0.1) is 10.5 Å². The molecule has 6 heteroatoms. The fourth-order valence-corrected chi connectivity index (χ4v) is 2.55. The first kappa shape index (κ1) is 15.2. The van der Waals surface area contributed by atoms with Crippen molar-refractivity contribution >= 4 is 34.1 Å². The van der Waals surface area contributed by atoms with E-state index in [-0.39, 0.29) is 16.0 Å². The molecular formula is C17H12ClFN2O2. The Labute approximate surface area is 136 Å². The highest BCUT2D eigenvalue weighted by molar-refractivity contribution is 6.31. The van der Waals surface area contributed by atoms with Crippen LogP contribution in [0.2, 0.25) is 5.02 Å². The molecule has 0 aliphatic heterocycles. The van der Waals surface area contributed by atoms with Crippen LogP contribution >= 0.6 is 11.6 Å². The minimum atomic E-state index is -0.578. The van der Waals surface area contributed by atoms with Crippen molar-refractivity contribution in [2.24, 2.45) is 7.05 Å². The summed E-state index contributed by atoms with van der Waals surface area (Å²) in [5, 5.41) is 2.91. The van der Waals surface area contributed by atoms with Crippen LogP contribution in [0.3, 0.4) is 0 Å². The minimum Gasteiger partial charge on any atom is -0.350 e. The SMILES string of the molecule is Cn1cc(C(=O)Nc2ccc(F)c(Cl)c2)c(=O)c2ccccc21. The molecule has 0 atom stereocenters. The molecule has 0 bridgehead atoms. The number of aryl methyl sites for hydroxylation is 1. The molecule has 4 nitrogen and oxygen atoms in total. The molecule has 1 heterocycles. The van der Waals surface area contributed by atoms with Gasteiger partial charge in [-0.3, -0.25) is 9.59 Å². The number of anilines is 1. The molecule has 1 aromatic heterocycles. The van der Waals surface area contributed by atoms with Gasteiger partial charge in [0, 0.05) is 24.3 Å². The van der Waals surface area contributed by atoms with E-state index in [2.05, 4.69) is 5.32 Å². The fraction of sp³-hybridized carbons (Fsp3) is 0.0588. The van der Waals surface area contributed by atoms with Crippen molar-refractivity contribution in [3.63, 3.8) is 0 Å². The Kier molecular flexibility index (Phi) is 3.88. The topological polar surface area (TPSA) is 51.1 Å². The maximum atomic E-state index is 13.2. The van der Waals surface area contributed by atoms with E-state index in [9.17, 15) is 14.0 Å². The van der Waals surface area contributed by atoms with Crippen LogP contribution in [0.15, 0.2) is 53.5 Å². The Hall–Kier alpha value is -2.66. The van der Waals surface area contributed by atoms with E-state index in [0.29, 0.717) is 11.1 Å². The summed E-state index contributed by atoms with van der Waals surface area (Å²) in [6, 6.07) is 10.9. The van der Waals surface area contributed by atoms with Crippen molar-refractivity contribution in [2.45, 2.75) is 0 Å². The van der Waals surface area contributed by atoms with Crippen molar-refractivity contribution in [3.8, 4) is 0 Å². The third kappa shape index (κ3) is 2.83. The molecule has 116 valence electrons. The van der Waals surface area contributed by atoms with E-state index in [1.807, 2.05) is 6.07 Å². The van der Waals surface area contributed by atoms with Crippen molar-refractivity contribution in [3.05, 3.63) is 75.3 Å². The molecule has 2 aromatic carbocycles. The highest BCUT2D eigenvalue weighted by atomic mass is 35.5. The lowest BCUT2D eigenvalue weighted by atomic mass is 10.1. The van der Waals surface area contributed by atoms with Gasteiger partial charge in [0.1, 0.15) is 11.4 Å². The maximum Gasteiger partial charge on any atom is 0.261 e. The number of aromatic nitrogens is 1. The highest BCUT2D eigenvalue weighted by Crippen LogP contribution is 2.20. The van der Waals surface area contributed by atoms with E-state index in [1.54, 1.807) is 29.8 Å². The third-order valence-corrected chi connectivity index (χ3v) is 3.81. The molecule has 3 aromatic rings. The van der Waals surface area contributed by atoms with Gasteiger partial charge in [0.25, 0.3) is 5.91 Å². The molecule has 23 heavy (non-hydrogen) atoms. The quantitative estimate of drug-likeness (QED) is 0.780. The molecule has 0 unspecified atom stereocenters. The zero-order valence-corrected chi connectivity index (χ0v) is 12.9. The number of hydrogen-bond acceptors (Lipinski definition) is 2. The number of carbonyl (C=O) groups is 1. The van der Waals surface area contributed by atoms with E-state index >= 15 is 0 Å². The predicted octanol–water partition coefficient (Wildman–Crippen LogP) is 3.58. The Morgan fingerprint density at radius 3 is 2.70 bits per heavy atom. The second-order valence-electron chi connectivity index (χ2n) is 5.08. The van der Waals surface area contributed by atoms with Crippen LogP contribution in [0.4, 0.5) is 10.1 Å². The van der Waals surface area contributed by atoms with E-state index in [4.69, 9.17) is 11.6 Å². The van der Waals surface area contributed by atoms with Crippen molar-refractivity contribution in [1.29, 1.82) is 0 Å². The zero-order chi connectivity index (χ0) is 16.6. The largest absolute Gasteiger partial charge is 0.350 e. The number of para-hydroxylation sites is 1. The molecule has 0 spiro atoms. The average molecular weight is 331 g/mol. The predicted molar refractivity (Wildman–Crippen MR) is 88.6 cm³/mol. The fourth-order valence-electron chi connectivity index (χ4n) is 2.37. The first-order valence-corrected chi connectivity index (χ1v) is 7.20. The Morgan fingerprint density at radius 1 is 1.22 bits per heavy atom. The molecule has 0 radical (unpaired) electrons. The lowest BCUT2D eigenvalue weighted by molar-refractivity contribution is 0.102. The van der Waals surface area contributed by atoms with Crippen molar-refractivity contribution in [1.82, 2.24) is 4.57 Å². The number of carbonyl (C=O) groups excluding carboxylic acids is 1. The molecular weight excluding hydrogens is 319 g/mol. The number of pyridine rings is 1. The van der Waals surface area contributed by atoms with Crippen LogP contribution in [0.5, 0.6) is 0 Å². The first-order valence-electron chi connectivity index (χ1n) is 6.82. The van der Waals surface area contributed by atoms with Gasteiger partial charge in [0.2, 0.25) is 5.43 Å². The molecule has 0 aliphatic rings. The summed E-state index contributed by atoms with van der Waals surface area (Å²) in [6.45, 7) is 0. The van der Waals surface area contributed by atoms with Gasteiger partial charge in [-0.15, -0.1) is 0 Å². The van der Waals surface area contributed by atoms with E-state index in [1.165, 1.54) is 18.3 Å². The van der Waals surface area contributed by atoms with Gasteiger partial charge >= 0.3 is 0 Å². The number of fused-ring (bicyclic) bond motifs is 1. The summed E-state index contributed by atoms with van der Waals surface area (Å²) in [4.78, 5) is 24.8. The Balaban J connectivity index is 2.02. The lowest BCUT2D eigenvalue weighted by Gasteiger charge is -2.10. The van der Waals surface area contributed by atoms with E-state index in [0.717, 1.165) is 11.6 Å². The van der Waals surface area contributed by atoms with Crippen LogP contribution in [-0.2, 0) is 7.05 Å². The number of amides is 1. The number of benzene rings is 2. The minimum absolute atomic E-state index is 0.00616. The summed E-state index contributed by atoms with van der Waals surface area (Å²) in [5.74, 6) is -1.15. The Bertz CT molecular complexity index is 982. The summed E-state index contributed by atoms with van der Waals surface area (Å²) >= 11 is 5.69. The number of hydrogen-bond donors (Lipinski definition) is 1. The zero-order valence-electron chi connectivity index (χ0n) is 12.1. The molecule has 0 fully saturated rings. The lowest BCUT2D eigenvalue weighted by Crippen LogP contribution is -2.23. The van der Waals surface area contributed by atoms with Gasteiger partial charge in [-0.1, -0.05) is 23.7 Å². The van der Waals surface area contributed by atoms with Gasteiger partial charge < -0.3 is 9.88 Å². The molecule has 3 rings (SSSR count). The summed E-state index contributed by atoms with van der Waals surface area (Å²) < 4.78 is 14.9. The second kappa shape index (κ2) is 5.85. The van der Waals surface area contributed by atoms with Gasteiger partial charge in [-0.2, -0.15) is 0 Å². The molecule has 1 N–H and O–H groups in total. The smallest absolute Gasteiger partial charge is 0.261 e. The van der Waals surface area contributed by atoms with Gasteiger partial charge in [0.15, 0.2) is 0 Å². The second-order valence-corrected chi connectivity index (χ2v) is 5.49. The molecule has 1 amide bonds. The molecule has 0 aliphatic carbocycles. The van der Waals surface area contributed by atoms with Crippen LogP contribution in [0.1, 0.15) is 10.4 Å². The third-order valence-electron chi connectivity index (χ3n) is 3.52. The standard InChI is InChI=1S/C17H12ClFN2O2/c1-21-9-12(16(22)11-4-2-3-5-15(11)21)17(23)20-10-6-7-14(19)13(18)8-10/h2-9H,1H3,(H,20,23). The molecule has 0 saturated heterocycles. The summed E-state index contributed by atoms with van der Waals surface area (Å²) in [6.07, 6.45) is 1.48. The monoisotopic (exact) mass is 330 g/mol. The summed E-state index contributed by atoms with van der Waals surface area (Å²) in [5.41, 5.74) is 0.701. The highest BCUT2D eigenvalue weighted by Gasteiger charge is 2.15. The normalized spacial score (nSPS) is 10.7.